The Hall–Kier alpha value is -1.93. The van der Waals surface area contributed by atoms with Gasteiger partial charge in [0.15, 0.2) is 5.82 Å². The lowest BCUT2D eigenvalue weighted by Gasteiger charge is -2.09. The molecule has 1 aromatic heterocycles. The summed E-state index contributed by atoms with van der Waals surface area (Å²) in [5.41, 5.74) is 5.70. The number of rotatable bonds is 10. The van der Waals surface area contributed by atoms with Gasteiger partial charge in [-0.15, -0.1) is 0 Å². The monoisotopic (exact) mass is 297 g/mol. The molecule has 0 atom stereocenters. The molecular formula is C13H23N5O3. The number of amides is 1. The SMILES string of the molecule is CCOCc1nc(N)cc(NCCC(=O)NCCOC)n1. The Labute approximate surface area is 124 Å². The molecule has 1 heterocycles. The largest absolute Gasteiger partial charge is 0.384 e. The van der Waals surface area contributed by atoms with E-state index in [1.807, 2.05) is 6.92 Å². The Kier molecular flexibility index (Phi) is 8.07. The number of ether oxygens (including phenoxy) is 2. The molecule has 0 aliphatic carbocycles. The van der Waals surface area contributed by atoms with Gasteiger partial charge in [-0.05, 0) is 6.92 Å². The molecule has 1 aromatic rings. The van der Waals surface area contributed by atoms with Crippen molar-refractivity contribution in [2.75, 3.05) is 44.5 Å². The molecule has 1 amide bonds. The molecule has 21 heavy (non-hydrogen) atoms. The van der Waals surface area contributed by atoms with Crippen molar-refractivity contribution in [1.29, 1.82) is 0 Å². The molecular weight excluding hydrogens is 274 g/mol. The third-order valence-electron chi connectivity index (χ3n) is 2.51. The van der Waals surface area contributed by atoms with Crippen LogP contribution in [0.3, 0.4) is 0 Å². The third-order valence-corrected chi connectivity index (χ3v) is 2.51. The van der Waals surface area contributed by atoms with Crippen molar-refractivity contribution in [2.45, 2.75) is 20.0 Å². The average molecular weight is 297 g/mol. The lowest BCUT2D eigenvalue weighted by Crippen LogP contribution is -2.28. The molecule has 0 saturated heterocycles. The van der Waals surface area contributed by atoms with Crippen LogP contribution in [-0.4, -0.2) is 49.3 Å². The van der Waals surface area contributed by atoms with Crippen molar-refractivity contribution in [3.8, 4) is 0 Å². The highest BCUT2D eigenvalue weighted by molar-refractivity contribution is 5.76. The van der Waals surface area contributed by atoms with E-state index in [1.54, 1.807) is 13.2 Å². The summed E-state index contributed by atoms with van der Waals surface area (Å²) >= 11 is 0. The fourth-order valence-electron chi connectivity index (χ4n) is 1.55. The number of nitrogens with one attached hydrogen (secondary N) is 2. The smallest absolute Gasteiger partial charge is 0.221 e. The molecule has 1 rings (SSSR count). The van der Waals surface area contributed by atoms with Gasteiger partial charge in [0.2, 0.25) is 5.91 Å². The second-order valence-electron chi connectivity index (χ2n) is 4.25. The van der Waals surface area contributed by atoms with Crippen LogP contribution in [0.25, 0.3) is 0 Å². The number of aromatic nitrogens is 2. The minimum atomic E-state index is -0.0453. The molecule has 0 aliphatic heterocycles. The third kappa shape index (κ3) is 7.42. The summed E-state index contributed by atoms with van der Waals surface area (Å²) in [6.45, 7) is 4.27. The molecule has 4 N–H and O–H groups in total. The van der Waals surface area contributed by atoms with Crippen molar-refractivity contribution >= 4 is 17.5 Å². The molecule has 0 aromatic carbocycles. The van der Waals surface area contributed by atoms with Crippen LogP contribution in [0.15, 0.2) is 6.07 Å². The summed E-state index contributed by atoms with van der Waals surface area (Å²) in [5, 5.41) is 5.78. The predicted molar refractivity (Wildman–Crippen MR) is 79.8 cm³/mol. The Morgan fingerprint density at radius 3 is 2.90 bits per heavy atom. The van der Waals surface area contributed by atoms with E-state index >= 15 is 0 Å². The lowest BCUT2D eigenvalue weighted by atomic mass is 10.4. The maximum Gasteiger partial charge on any atom is 0.221 e. The number of hydrogen-bond donors (Lipinski definition) is 3. The summed E-state index contributed by atoms with van der Waals surface area (Å²) in [6.07, 6.45) is 0.342. The van der Waals surface area contributed by atoms with Gasteiger partial charge in [-0.2, -0.15) is 0 Å². The number of methoxy groups -OCH3 is 1. The zero-order valence-corrected chi connectivity index (χ0v) is 12.5. The normalized spacial score (nSPS) is 10.4. The maximum absolute atomic E-state index is 11.5. The first-order valence-corrected chi connectivity index (χ1v) is 6.86. The number of nitrogens with two attached hydrogens (primary N) is 1. The predicted octanol–water partition coefficient (Wildman–Crippen LogP) is 0.160. The Morgan fingerprint density at radius 2 is 2.19 bits per heavy atom. The van der Waals surface area contributed by atoms with E-state index in [4.69, 9.17) is 15.2 Å². The van der Waals surface area contributed by atoms with E-state index in [0.29, 0.717) is 56.8 Å². The maximum atomic E-state index is 11.5. The van der Waals surface area contributed by atoms with Gasteiger partial charge in [-0.1, -0.05) is 0 Å². The highest BCUT2D eigenvalue weighted by Gasteiger charge is 2.04. The van der Waals surface area contributed by atoms with E-state index in [2.05, 4.69) is 20.6 Å². The van der Waals surface area contributed by atoms with Crippen LogP contribution in [0, 0.1) is 0 Å². The molecule has 118 valence electrons. The minimum Gasteiger partial charge on any atom is -0.384 e. The Morgan fingerprint density at radius 1 is 1.38 bits per heavy atom. The van der Waals surface area contributed by atoms with E-state index in [1.165, 1.54) is 0 Å². The summed E-state index contributed by atoms with van der Waals surface area (Å²) in [6, 6.07) is 1.62. The number of carbonyl (C=O) groups excluding carboxylic acids is 1. The van der Waals surface area contributed by atoms with Crippen molar-refractivity contribution < 1.29 is 14.3 Å². The van der Waals surface area contributed by atoms with Gasteiger partial charge in [0.25, 0.3) is 0 Å². The zero-order valence-electron chi connectivity index (χ0n) is 12.5. The second kappa shape index (κ2) is 9.89. The Balaban J connectivity index is 2.37. The topological polar surface area (TPSA) is 111 Å². The highest BCUT2D eigenvalue weighted by atomic mass is 16.5. The molecule has 0 saturated carbocycles. The number of anilines is 2. The minimum absolute atomic E-state index is 0.0453. The number of nitrogen functional groups attached to an aromatic ring is 1. The summed E-state index contributed by atoms with van der Waals surface area (Å²) in [4.78, 5) is 19.8. The van der Waals surface area contributed by atoms with Gasteiger partial charge in [0.1, 0.15) is 18.2 Å². The number of carbonyl (C=O) groups is 1. The van der Waals surface area contributed by atoms with E-state index < -0.39 is 0 Å². The molecule has 0 bridgehead atoms. The van der Waals surface area contributed by atoms with Crippen molar-refractivity contribution in [1.82, 2.24) is 15.3 Å². The molecule has 0 unspecified atom stereocenters. The molecule has 0 fully saturated rings. The van der Waals surface area contributed by atoms with E-state index in [-0.39, 0.29) is 5.91 Å². The fourth-order valence-corrected chi connectivity index (χ4v) is 1.55. The van der Waals surface area contributed by atoms with Crippen molar-refractivity contribution in [3.63, 3.8) is 0 Å². The molecule has 0 spiro atoms. The van der Waals surface area contributed by atoms with Crippen LogP contribution in [0.4, 0.5) is 11.6 Å². The second-order valence-corrected chi connectivity index (χ2v) is 4.25. The molecule has 0 radical (unpaired) electrons. The van der Waals surface area contributed by atoms with Crippen LogP contribution >= 0.6 is 0 Å². The van der Waals surface area contributed by atoms with Crippen LogP contribution in [0.2, 0.25) is 0 Å². The zero-order chi connectivity index (χ0) is 15.5. The van der Waals surface area contributed by atoms with Gasteiger partial charge in [-0.25, -0.2) is 9.97 Å². The first-order valence-electron chi connectivity index (χ1n) is 6.86. The van der Waals surface area contributed by atoms with Crippen LogP contribution in [0.5, 0.6) is 0 Å². The van der Waals surface area contributed by atoms with Gasteiger partial charge >= 0.3 is 0 Å². The van der Waals surface area contributed by atoms with Crippen LogP contribution < -0.4 is 16.4 Å². The quantitative estimate of drug-likeness (QED) is 0.527. The van der Waals surface area contributed by atoms with Crippen LogP contribution in [0.1, 0.15) is 19.2 Å². The lowest BCUT2D eigenvalue weighted by molar-refractivity contribution is -0.121. The summed E-state index contributed by atoms with van der Waals surface area (Å²) < 4.78 is 10.1. The van der Waals surface area contributed by atoms with E-state index in [9.17, 15) is 4.79 Å². The first-order chi connectivity index (χ1) is 10.2. The van der Waals surface area contributed by atoms with Gasteiger partial charge < -0.3 is 25.8 Å². The number of hydrogen-bond acceptors (Lipinski definition) is 7. The summed E-state index contributed by atoms with van der Waals surface area (Å²) in [7, 11) is 1.59. The highest BCUT2D eigenvalue weighted by Crippen LogP contribution is 2.09. The standard InChI is InChI=1S/C13H23N5O3/c1-3-21-9-12-17-10(14)8-11(18-12)15-5-4-13(19)16-6-7-20-2/h8H,3-7,9H2,1-2H3,(H,16,19)(H3,14,15,17,18). The van der Waals surface area contributed by atoms with Crippen molar-refractivity contribution in [2.24, 2.45) is 0 Å². The Bertz CT molecular complexity index is 442. The van der Waals surface area contributed by atoms with Gasteiger partial charge in [0.05, 0.1) is 6.61 Å². The van der Waals surface area contributed by atoms with Crippen LogP contribution in [-0.2, 0) is 20.9 Å². The first kappa shape index (κ1) is 17.1. The summed E-state index contributed by atoms with van der Waals surface area (Å²) in [5.74, 6) is 1.42. The molecule has 0 aliphatic rings. The number of nitrogens with zero attached hydrogens (tertiary/aromatic N) is 2. The fraction of sp³-hybridized carbons (Fsp3) is 0.615. The van der Waals surface area contributed by atoms with Gasteiger partial charge in [-0.3, -0.25) is 4.79 Å². The van der Waals surface area contributed by atoms with Crippen molar-refractivity contribution in [3.05, 3.63) is 11.9 Å². The molecule has 8 nitrogen and oxygen atoms in total. The molecule has 8 heteroatoms. The van der Waals surface area contributed by atoms with E-state index in [0.717, 1.165) is 0 Å². The van der Waals surface area contributed by atoms with Gasteiger partial charge in [0, 0.05) is 39.3 Å². The average Bonchev–Trinajstić information content (AvgIpc) is 2.45.